The van der Waals surface area contributed by atoms with Crippen LogP contribution in [0.1, 0.15) is 22.0 Å². The van der Waals surface area contributed by atoms with Gasteiger partial charge in [-0.15, -0.1) is 0 Å². The Morgan fingerprint density at radius 3 is 2.45 bits per heavy atom. The van der Waals surface area contributed by atoms with E-state index >= 15 is 0 Å². The van der Waals surface area contributed by atoms with Gasteiger partial charge in [-0.05, 0) is 17.7 Å². The number of hydrogen-bond acceptors (Lipinski definition) is 2. The third kappa shape index (κ3) is 3.00. The quantitative estimate of drug-likeness (QED) is 0.901. The van der Waals surface area contributed by atoms with Crippen molar-refractivity contribution in [2.45, 2.75) is 6.04 Å². The summed E-state index contributed by atoms with van der Waals surface area (Å²) in [7, 11) is 0. The van der Waals surface area contributed by atoms with Crippen LogP contribution in [-0.2, 0) is 0 Å². The molecule has 2 rings (SSSR count). The number of halogens is 2. The third-order valence-electron chi connectivity index (χ3n) is 2.89. The summed E-state index contributed by atoms with van der Waals surface area (Å²) < 4.78 is 26.6. The molecule has 0 aliphatic rings. The molecule has 1 amide bonds. The summed E-state index contributed by atoms with van der Waals surface area (Å²) in [5.41, 5.74) is 0.291. The molecule has 0 aliphatic carbocycles. The summed E-state index contributed by atoms with van der Waals surface area (Å²) in [6, 6.07) is 11.5. The lowest BCUT2D eigenvalue weighted by Crippen LogP contribution is -2.31. The fourth-order valence-corrected chi connectivity index (χ4v) is 1.83. The Morgan fingerprint density at radius 1 is 1.10 bits per heavy atom. The highest BCUT2D eigenvalue weighted by Crippen LogP contribution is 2.15. The van der Waals surface area contributed by atoms with Crippen LogP contribution < -0.4 is 5.32 Å². The van der Waals surface area contributed by atoms with Gasteiger partial charge in [-0.25, -0.2) is 8.78 Å². The van der Waals surface area contributed by atoms with Crippen LogP contribution in [0.3, 0.4) is 0 Å². The molecule has 3 nitrogen and oxygen atoms in total. The Kier molecular flexibility index (Phi) is 4.42. The van der Waals surface area contributed by atoms with E-state index in [1.165, 1.54) is 12.1 Å². The lowest BCUT2D eigenvalue weighted by molar-refractivity contribution is 0.0911. The van der Waals surface area contributed by atoms with Crippen LogP contribution in [0.5, 0.6) is 0 Å². The second kappa shape index (κ2) is 6.25. The zero-order valence-electron chi connectivity index (χ0n) is 10.5. The predicted molar refractivity (Wildman–Crippen MR) is 70.1 cm³/mol. The van der Waals surface area contributed by atoms with Gasteiger partial charge in [0.2, 0.25) is 0 Å². The van der Waals surface area contributed by atoms with Gasteiger partial charge in [-0.3, -0.25) is 4.79 Å². The first kappa shape index (κ1) is 14.1. The summed E-state index contributed by atoms with van der Waals surface area (Å²) in [5.74, 6) is -3.06. The van der Waals surface area contributed by atoms with Crippen molar-refractivity contribution in [3.05, 3.63) is 71.3 Å². The highest BCUT2D eigenvalue weighted by atomic mass is 19.2. The second-order valence-corrected chi connectivity index (χ2v) is 4.22. The number of rotatable bonds is 4. The van der Waals surface area contributed by atoms with Crippen LogP contribution >= 0.6 is 0 Å². The molecule has 0 saturated carbocycles. The number of amides is 1. The van der Waals surface area contributed by atoms with Crippen molar-refractivity contribution in [1.29, 1.82) is 0 Å². The molecule has 2 N–H and O–H groups in total. The smallest absolute Gasteiger partial charge is 0.254 e. The minimum atomic E-state index is -1.20. The number of benzene rings is 2. The van der Waals surface area contributed by atoms with E-state index in [2.05, 4.69) is 5.32 Å². The zero-order chi connectivity index (χ0) is 14.5. The molecule has 0 spiro atoms. The number of hydrogen-bond donors (Lipinski definition) is 2. The van der Waals surface area contributed by atoms with E-state index in [1.807, 2.05) is 0 Å². The molecule has 5 heteroatoms. The van der Waals surface area contributed by atoms with Crippen LogP contribution in [0, 0.1) is 11.6 Å². The van der Waals surface area contributed by atoms with Crippen molar-refractivity contribution in [3.8, 4) is 0 Å². The fourth-order valence-electron chi connectivity index (χ4n) is 1.83. The number of carbonyl (C=O) groups excluding carboxylic acids is 1. The maximum atomic E-state index is 13.5. The van der Waals surface area contributed by atoms with E-state index in [0.29, 0.717) is 5.56 Å². The van der Waals surface area contributed by atoms with E-state index in [0.717, 1.165) is 6.07 Å². The molecule has 1 atom stereocenters. The van der Waals surface area contributed by atoms with Crippen LogP contribution in [0.2, 0.25) is 0 Å². The Labute approximate surface area is 114 Å². The van der Waals surface area contributed by atoms with Gasteiger partial charge >= 0.3 is 0 Å². The second-order valence-electron chi connectivity index (χ2n) is 4.22. The first-order valence-corrected chi connectivity index (χ1v) is 6.04. The normalized spacial score (nSPS) is 11.9. The average Bonchev–Trinajstić information content (AvgIpc) is 2.48. The molecule has 2 aromatic rings. The number of carbonyl (C=O) groups is 1. The summed E-state index contributed by atoms with van der Waals surface area (Å²) in [4.78, 5) is 11.9. The topological polar surface area (TPSA) is 49.3 Å². The number of nitrogens with one attached hydrogen (secondary N) is 1. The highest BCUT2D eigenvalue weighted by Gasteiger charge is 2.19. The summed E-state index contributed by atoms with van der Waals surface area (Å²) in [5, 5.41) is 11.8. The summed E-state index contributed by atoms with van der Waals surface area (Å²) >= 11 is 0. The molecule has 104 valence electrons. The molecule has 0 heterocycles. The molecule has 0 aliphatic heterocycles. The molecule has 0 bridgehead atoms. The minimum Gasteiger partial charge on any atom is -0.394 e. The van der Waals surface area contributed by atoms with Crippen molar-refractivity contribution in [2.24, 2.45) is 0 Å². The van der Waals surface area contributed by atoms with Crippen molar-refractivity contribution in [1.82, 2.24) is 5.32 Å². The summed E-state index contributed by atoms with van der Waals surface area (Å²) in [6.07, 6.45) is 0. The van der Waals surface area contributed by atoms with Crippen molar-refractivity contribution in [2.75, 3.05) is 6.61 Å². The Hall–Kier alpha value is -2.27. The average molecular weight is 277 g/mol. The van der Waals surface area contributed by atoms with E-state index in [4.69, 9.17) is 0 Å². The molecular weight excluding hydrogens is 264 g/mol. The lowest BCUT2D eigenvalue weighted by Gasteiger charge is -2.17. The molecule has 20 heavy (non-hydrogen) atoms. The van der Waals surface area contributed by atoms with Gasteiger partial charge in [0.25, 0.3) is 5.91 Å². The van der Waals surface area contributed by atoms with E-state index < -0.39 is 23.6 Å². The Balaban J connectivity index is 2.20. The molecular formula is C15H13F2NO2. The van der Waals surface area contributed by atoms with Gasteiger partial charge in [0.05, 0.1) is 18.2 Å². The Bertz CT molecular complexity index is 602. The first-order chi connectivity index (χ1) is 9.63. The highest BCUT2D eigenvalue weighted by molar-refractivity contribution is 5.94. The molecule has 0 aromatic heterocycles. The van der Waals surface area contributed by atoms with Crippen LogP contribution in [0.25, 0.3) is 0 Å². The monoisotopic (exact) mass is 277 g/mol. The van der Waals surface area contributed by atoms with Crippen molar-refractivity contribution < 1.29 is 18.7 Å². The molecule has 0 unspecified atom stereocenters. The minimum absolute atomic E-state index is 0.341. The zero-order valence-corrected chi connectivity index (χ0v) is 10.5. The number of aliphatic hydroxyl groups excluding tert-OH is 1. The summed E-state index contributed by atoms with van der Waals surface area (Å²) in [6.45, 7) is -0.341. The Morgan fingerprint density at radius 2 is 1.80 bits per heavy atom. The van der Waals surface area contributed by atoms with E-state index in [-0.39, 0.29) is 12.2 Å². The largest absolute Gasteiger partial charge is 0.394 e. The van der Waals surface area contributed by atoms with Crippen LogP contribution in [0.15, 0.2) is 48.5 Å². The van der Waals surface area contributed by atoms with Gasteiger partial charge in [-0.1, -0.05) is 36.4 Å². The maximum absolute atomic E-state index is 13.5. The standard InChI is InChI=1S/C15H13F2NO2/c16-12-8-4-7-11(14(12)17)15(20)18-13(9-19)10-5-2-1-3-6-10/h1-8,13,19H,9H2,(H,18,20)/t13-/m1/s1. The van der Waals surface area contributed by atoms with Crippen LogP contribution in [-0.4, -0.2) is 17.6 Å². The van der Waals surface area contributed by atoms with Crippen molar-refractivity contribution >= 4 is 5.91 Å². The SMILES string of the molecule is O=C(N[C@H](CO)c1ccccc1)c1cccc(F)c1F. The van der Waals surface area contributed by atoms with Gasteiger partial charge in [-0.2, -0.15) is 0 Å². The molecule has 2 aromatic carbocycles. The molecule has 0 fully saturated rings. The fraction of sp³-hybridized carbons (Fsp3) is 0.133. The van der Waals surface area contributed by atoms with E-state index in [9.17, 15) is 18.7 Å². The van der Waals surface area contributed by atoms with E-state index in [1.54, 1.807) is 30.3 Å². The van der Waals surface area contributed by atoms with Gasteiger partial charge in [0, 0.05) is 0 Å². The van der Waals surface area contributed by atoms with Crippen molar-refractivity contribution in [3.63, 3.8) is 0 Å². The number of aliphatic hydroxyl groups is 1. The van der Waals surface area contributed by atoms with Gasteiger partial charge < -0.3 is 10.4 Å². The maximum Gasteiger partial charge on any atom is 0.254 e. The molecule has 0 saturated heterocycles. The lowest BCUT2D eigenvalue weighted by atomic mass is 10.1. The molecule has 0 radical (unpaired) electrons. The van der Waals surface area contributed by atoms with Gasteiger partial charge in [0.1, 0.15) is 0 Å². The first-order valence-electron chi connectivity index (χ1n) is 6.04. The van der Waals surface area contributed by atoms with Gasteiger partial charge in [0.15, 0.2) is 11.6 Å². The van der Waals surface area contributed by atoms with Crippen LogP contribution in [0.4, 0.5) is 8.78 Å². The predicted octanol–water partition coefficient (Wildman–Crippen LogP) is 2.43. The third-order valence-corrected chi connectivity index (χ3v) is 2.89.